The van der Waals surface area contributed by atoms with Crippen molar-refractivity contribution in [3.05, 3.63) is 57.6 Å². The van der Waals surface area contributed by atoms with Gasteiger partial charge in [0, 0.05) is 17.1 Å². The molecule has 0 unspecified atom stereocenters. The second-order valence-electron chi connectivity index (χ2n) is 5.34. The lowest BCUT2D eigenvalue weighted by atomic mass is 10.1. The van der Waals surface area contributed by atoms with Gasteiger partial charge >= 0.3 is 0 Å². The summed E-state index contributed by atoms with van der Waals surface area (Å²) in [6.07, 6.45) is 0. The quantitative estimate of drug-likeness (QED) is 0.823. The standard InChI is InChI=1S/C18H22ClNO/c1-5-20-11-15-6-7-16(19)10-18(15)21-17-9-12(2)8-13(3)14(17)4/h6-10,20H,5,11H2,1-4H3. The first-order valence-electron chi connectivity index (χ1n) is 7.26. The molecular weight excluding hydrogens is 282 g/mol. The molecule has 2 rings (SSSR count). The lowest BCUT2D eigenvalue weighted by Crippen LogP contribution is -2.12. The van der Waals surface area contributed by atoms with Crippen LogP contribution < -0.4 is 10.1 Å². The fourth-order valence-corrected chi connectivity index (χ4v) is 2.42. The number of aryl methyl sites for hydroxylation is 2. The van der Waals surface area contributed by atoms with E-state index in [4.69, 9.17) is 16.3 Å². The maximum atomic E-state index is 6.16. The lowest BCUT2D eigenvalue weighted by molar-refractivity contribution is 0.469. The molecule has 0 saturated carbocycles. The molecule has 112 valence electrons. The van der Waals surface area contributed by atoms with Crippen LogP contribution in [0.2, 0.25) is 5.02 Å². The van der Waals surface area contributed by atoms with E-state index in [1.165, 1.54) is 11.1 Å². The van der Waals surface area contributed by atoms with Gasteiger partial charge in [-0.1, -0.05) is 30.7 Å². The first-order valence-corrected chi connectivity index (χ1v) is 7.64. The van der Waals surface area contributed by atoms with Crippen molar-refractivity contribution in [3.63, 3.8) is 0 Å². The number of nitrogens with one attached hydrogen (secondary N) is 1. The van der Waals surface area contributed by atoms with Crippen molar-refractivity contribution in [2.45, 2.75) is 34.2 Å². The van der Waals surface area contributed by atoms with Crippen molar-refractivity contribution in [1.82, 2.24) is 5.32 Å². The minimum Gasteiger partial charge on any atom is -0.457 e. The Hall–Kier alpha value is -1.51. The number of hydrogen-bond donors (Lipinski definition) is 1. The van der Waals surface area contributed by atoms with E-state index in [-0.39, 0.29) is 0 Å². The van der Waals surface area contributed by atoms with Gasteiger partial charge in [0.15, 0.2) is 0 Å². The van der Waals surface area contributed by atoms with E-state index in [2.05, 4.69) is 45.1 Å². The highest BCUT2D eigenvalue weighted by molar-refractivity contribution is 6.30. The zero-order valence-corrected chi connectivity index (χ0v) is 13.8. The highest BCUT2D eigenvalue weighted by atomic mass is 35.5. The molecule has 0 radical (unpaired) electrons. The largest absolute Gasteiger partial charge is 0.457 e. The van der Waals surface area contributed by atoms with E-state index in [0.29, 0.717) is 5.02 Å². The topological polar surface area (TPSA) is 21.3 Å². The second kappa shape index (κ2) is 6.97. The molecule has 1 N–H and O–H groups in total. The highest BCUT2D eigenvalue weighted by Gasteiger charge is 2.09. The summed E-state index contributed by atoms with van der Waals surface area (Å²) < 4.78 is 6.16. The number of hydrogen-bond acceptors (Lipinski definition) is 2. The monoisotopic (exact) mass is 303 g/mol. The van der Waals surface area contributed by atoms with Crippen LogP contribution in [-0.4, -0.2) is 6.54 Å². The zero-order valence-electron chi connectivity index (χ0n) is 13.1. The van der Waals surface area contributed by atoms with E-state index >= 15 is 0 Å². The molecule has 0 heterocycles. The number of ether oxygens (including phenoxy) is 1. The average Bonchev–Trinajstić information content (AvgIpc) is 2.43. The van der Waals surface area contributed by atoms with Crippen molar-refractivity contribution in [2.24, 2.45) is 0 Å². The summed E-state index contributed by atoms with van der Waals surface area (Å²) in [6.45, 7) is 10.0. The predicted molar refractivity (Wildman–Crippen MR) is 89.6 cm³/mol. The Morgan fingerprint density at radius 1 is 1.05 bits per heavy atom. The third kappa shape index (κ3) is 3.99. The molecule has 0 aliphatic heterocycles. The van der Waals surface area contributed by atoms with Crippen molar-refractivity contribution < 1.29 is 4.74 Å². The first kappa shape index (κ1) is 15.9. The summed E-state index contributed by atoms with van der Waals surface area (Å²) in [7, 11) is 0. The summed E-state index contributed by atoms with van der Waals surface area (Å²) in [6, 6.07) is 10.0. The van der Waals surface area contributed by atoms with E-state index in [1.54, 1.807) is 0 Å². The minimum atomic E-state index is 0.687. The van der Waals surface area contributed by atoms with Crippen LogP contribution >= 0.6 is 11.6 Å². The molecule has 0 atom stereocenters. The van der Waals surface area contributed by atoms with Gasteiger partial charge in [-0.05, 0) is 62.2 Å². The minimum absolute atomic E-state index is 0.687. The summed E-state index contributed by atoms with van der Waals surface area (Å²) >= 11 is 6.12. The molecule has 0 spiro atoms. The smallest absolute Gasteiger partial charge is 0.133 e. The number of benzene rings is 2. The Bertz CT molecular complexity index is 637. The molecule has 2 aromatic rings. The van der Waals surface area contributed by atoms with E-state index < -0.39 is 0 Å². The average molecular weight is 304 g/mol. The third-order valence-electron chi connectivity index (χ3n) is 3.58. The molecule has 3 heteroatoms. The van der Waals surface area contributed by atoms with Crippen LogP contribution in [0.3, 0.4) is 0 Å². The van der Waals surface area contributed by atoms with Crippen LogP contribution in [0.4, 0.5) is 0 Å². The van der Waals surface area contributed by atoms with Crippen LogP contribution in [-0.2, 0) is 6.54 Å². The Morgan fingerprint density at radius 3 is 2.52 bits per heavy atom. The van der Waals surface area contributed by atoms with Gasteiger partial charge in [-0.25, -0.2) is 0 Å². The van der Waals surface area contributed by atoms with Gasteiger partial charge in [0.2, 0.25) is 0 Å². The molecule has 2 nitrogen and oxygen atoms in total. The maximum absolute atomic E-state index is 6.16. The molecule has 0 amide bonds. The first-order chi connectivity index (χ1) is 10.0. The van der Waals surface area contributed by atoms with Crippen molar-refractivity contribution in [3.8, 4) is 11.5 Å². The third-order valence-corrected chi connectivity index (χ3v) is 3.81. The Balaban J connectivity index is 2.36. The zero-order chi connectivity index (χ0) is 15.4. The van der Waals surface area contributed by atoms with E-state index in [1.807, 2.05) is 18.2 Å². The molecule has 0 aliphatic carbocycles. The van der Waals surface area contributed by atoms with Crippen LogP contribution in [0.1, 0.15) is 29.2 Å². The highest BCUT2D eigenvalue weighted by Crippen LogP contribution is 2.32. The van der Waals surface area contributed by atoms with Crippen molar-refractivity contribution >= 4 is 11.6 Å². The van der Waals surface area contributed by atoms with Gasteiger partial charge in [0.05, 0.1) is 0 Å². The van der Waals surface area contributed by atoms with Gasteiger partial charge in [0.25, 0.3) is 0 Å². The van der Waals surface area contributed by atoms with Crippen LogP contribution in [0, 0.1) is 20.8 Å². The molecule has 0 fully saturated rings. The van der Waals surface area contributed by atoms with Crippen LogP contribution in [0.25, 0.3) is 0 Å². The van der Waals surface area contributed by atoms with Gasteiger partial charge in [-0.3, -0.25) is 0 Å². The summed E-state index contributed by atoms with van der Waals surface area (Å²) in [5.41, 5.74) is 4.71. The SMILES string of the molecule is CCNCc1ccc(Cl)cc1Oc1cc(C)cc(C)c1C. The van der Waals surface area contributed by atoms with E-state index in [0.717, 1.165) is 35.7 Å². The fourth-order valence-electron chi connectivity index (χ4n) is 2.25. The second-order valence-corrected chi connectivity index (χ2v) is 5.78. The van der Waals surface area contributed by atoms with Gasteiger partial charge < -0.3 is 10.1 Å². The molecular formula is C18H22ClNO. The fraction of sp³-hybridized carbons (Fsp3) is 0.333. The van der Waals surface area contributed by atoms with Crippen molar-refractivity contribution in [2.75, 3.05) is 6.54 Å². The van der Waals surface area contributed by atoms with Crippen molar-refractivity contribution in [1.29, 1.82) is 0 Å². The Kier molecular flexibility index (Phi) is 5.27. The molecule has 2 aromatic carbocycles. The molecule has 0 bridgehead atoms. The maximum Gasteiger partial charge on any atom is 0.133 e. The van der Waals surface area contributed by atoms with Gasteiger partial charge in [-0.2, -0.15) is 0 Å². The summed E-state index contributed by atoms with van der Waals surface area (Å²) in [4.78, 5) is 0. The molecule has 0 aliphatic rings. The molecule has 0 aromatic heterocycles. The van der Waals surface area contributed by atoms with E-state index in [9.17, 15) is 0 Å². The molecule has 21 heavy (non-hydrogen) atoms. The van der Waals surface area contributed by atoms with Gasteiger partial charge in [-0.15, -0.1) is 0 Å². The summed E-state index contributed by atoms with van der Waals surface area (Å²) in [5.74, 6) is 1.71. The van der Waals surface area contributed by atoms with Crippen LogP contribution in [0.5, 0.6) is 11.5 Å². The normalized spacial score (nSPS) is 10.7. The predicted octanol–water partition coefficient (Wildman–Crippen LogP) is 5.17. The number of rotatable bonds is 5. The lowest BCUT2D eigenvalue weighted by Gasteiger charge is -2.15. The Labute approximate surface area is 132 Å². The number of halogens is 1. The van der Waals surface area contributed by atoms with Gasteiger partial charge in [0.1, 0.15) is 11.5 Å². The molecule has 0 saturated heterocycles. The van der Waals surface area contributed by atoms with Crippen LogP contribution in [0.15, 0.2) is 30.3 Å². The summed E-state index contributed by atoms with van der Waals surface area (Å²) in [5, 5.41) is 4.01. The Morgan fingerprint density at radius 2 is 1.81 bits per heavy atom.